The van der Waals surface area contributed by atoms with Crippen LogP contribution < -0.4 is 5.73 Å². The Kier molecular flexibility index (Phi) is 4.11. The topological polar surface area (TPSA) is 32.5 Å². The van der Waals surface area contributed by atoms with Gasteiger partial charge in [-0.25, -0.2) is 0 Å². The van der Waals surface area contributed by atoms with Gasteiger partial charge in [0.1, 0.15) is 0 Å². The monoisotopic (exact) mass is 239 g/mol. The maximum atomic E-state index is 6.14. The Bertz CT molecular complexity index is 236. The van der Waals surface area contributed by atoms with E-state index in [-0.39, 0.29) is 0 Å². The van der Waals surface area contributed by atoms with E-state index >= 15 is 0 Å². The number of rotatable bonds is 3. The van der Waals surface area contributed by atoms with Crippen LogP contribution >= 0.6 is 0 Å². The lowest BCUT2D eigenvalue weighted by molar-refractivity contribution is 0.0418. The molecule has 2 N–H and O–H groups in total. The summed E-state index contributed by atoms with van der Waals surface area (Å²) in [5.74, 6) is 1.67. The Morgan fingerprint density at radius 2 is 1.65 bits per heavy atom. The maximum absolute atomic E-state index is 6.14. The van der Waals surface area contributed by atoms with Gasteiger partial charge < -0.3 is 10.6 Å². The van der Waals surface area contributed by atoms with Crippen LogP contribution in [0.3, 0.4) is 0 Å². The smallest absolute Gasteiger partial charge is 0.0356 e. The third-order valence-electron chi connectivity index (χ3n) is 5.27. The predicted molar refractivity (Wildman–Crippen MR) is 73.0 cm³/mol. The Morgan fingerprint density at radius 3 is 2.06 bits per heavy atom. The average Bonchev–Trinajstić information content (AvgIpc) is 2.70. The molecule has 2 rings (SSSR count). The normalized spacial score (nSPS) is 35.3. The number of nitrogens with zero attached hydrogens (tertiary/aromatic N) is 2. The molecule has 2 saturated heterocycles. The van der Waals surface area contributed by atoms with E-state index in [1.807, 2.05) is 0 Å². The van der Waals surface area contributed by atoms with Crippen molar-refractivity contribution < 1.29 is 0 Å². The second-order valence-electron chi connectivity index (χ2n) is 6.22. The largest absolute Gasteiger partial charge is 0.329 e. The van der Waals surface area contributed by atoms with E-state index in [0.717, 1.165) is 18.4 Å². The van der Waals surface area contributed by atoms with E-state index in [4.69, 9.17) is 5.73 Å². The molecule has 17 heavy (non-hydrogen) atoms. The summed E-state index contributed by atoms with van der Waals surface area (Å²) in [6.45, 7) is 14.0. The van der Waals surface area contributed by atoms with Crippen molar-refractivity contribution >= 4 is 0 Å². The number of piperidine rings is 1. The molecular weight excluding hydrogens is 210 g/mol. The minimum atomic E-state index is 0.310. The molecule has 0 bridgehead atoms. The fourth-order valence-electron chi connectivity index (χ4n) is 3.45. The van der Waals surface area contributed by atoms with Crippen molar-refractivity contribution in [1.29, 1.82) is 0 Å². The van der Waals surface area contributed by atoms with Crippen LogP contribution in [-0.2, 0) is 0 Å². The molecule has 2 aliphatic rings. The van der Waals surface area contributed by atoms with E-state index in [1.54, 1.807) is 0 Å². The van der Waals surface area contributed by atoms with E-state index < -0.39 is 0 Å². The second kappa shape index (κ2) is 5.25. The lowest BCUT2D eigenvalue weighted by Crippen LogP contribution is -2.58. The zero-order chi connectivity index (χ0) is 12.5. The van der Waals surface area contributed by atoms with Gasteiger partial charge in [-0.05, 0) is 44.3 Å². The summed E-state index contributed by atoms with van der Waals surface area (Å²) in [6, 6.07) is 0. The molecule has 0 radical (unpaired) electrons. The highest BCUT2D eigenvalue weighted by Crippen LogP contribution is 2.34. The van der Waals surface area contributed by atoms with Crippen LogP contribution in [0, 0.1) is 11.8 Å². The van der Waals surface area contributed by atoms with Crippen molar-refractivity contribution in [3.05, 3.63) is 0 Å². The molecule has 3 heteroatoms. The molecule has 100 valence electrons. The molecule has 0 saturated carbocycles. The van der Waals surface area contributed by atoms with Gasteiger partial charge in [0.05, 0.1) is 0 Å². The molecule has 2 heterocycles. The van der Waals surface area contributed by atoms with Crippen molar-refractivity contribution in [1.82, 2.24) is 9.80 Å². The SMILES string of the molecule is CCN1CCC(CN)(N2CC(C)C(C)C2)CC1. The first-order valence-corrected chi connectivity index (χ1v) is 7.29. The highest BCUT2D eigenvalue weighted by atomic mass is 15.3. The average molecular weight is 239 g/mol. The first-order chi connectivity index (χ1) is 8.11. The molecule has 0 aromatic heterocycles. The Morgan fingerprint density at radius 1 is 1.12 bits per heavy atom. The van der Waals surface area contributed by atoms with E-state index in [0.29, 0.717) is 5.54 Å². The molecule has 0 aromatic carbocycles. The van der Waals surface area contributed by atoms with Crippen molar-refractivity contribution in [2.45, 2.75) is 39.2 Å². The van der Waals surface area contributed by atoms with Crippen molar-refractivity contribution in [3.8, 4) is 0 Å². The van der Waals surface area contributed by atoms with E-state index in [1.165, 1.54) is 45.6 Å². The quantitative estimate of drug-likeness (QED) is 0.808. The summed E-state index contributed by atoms with van der Waals surface area (Å²) in [7, 11) is 0. The number of hydrogen-bond acceptors (Lipinski definition) is 3. The van der Waals surface area contributed by atoms with Gasteiger partial charge in [0.15, 0.2) is 0 Å². The highest BCUT2D eigenvalue weighted by molar-refractivity contribution is 4.99. The Balaban J connectivity index is 2.01. The van der Waals surface area contributed by atoms with Gasteiger partial charge >= 0.3 is 0 Å². The van der Waals surface area contributed by atoms with Gasteiger partial charge in [0.25, 0.3) is 0 Å². The number of nitrogens with two attached hydrogens (primary N) is 1. The van der Waals surface area contributed by atoms with Gasteiger partial charge in [-0.15, -0.1) is 0 Å². The highest BCUT2D eigenvalue weighted by Gasteiger charge is 2.42. The second-order valence-corrected chi connectivity index (χ2v) is 6.22. The molecule has 0 aromatic rings. The lowest BCUT2D eigenvalue weighted by Gasteiger charge is -2.47. The maximum Gasteiger partial charge on any atom is 0.0356 e. The molecule has 2 aliphatic heterocycles. The third-order valence-corrected chi connectivity index (χ3v) is 5.27. The molecule has 2 unspecified atom stereocenters. The third kappa shape index (κ3) is 2.51. The van der Waals surface area contributed by atoms with Crippen molar-refractivity contribution in [2.24, 2.45) is 17.6 Å². The van der Waals surface area contributed by atoms with E-state index in [2.05, 4.69) is 30.6 Å². The van der Waals surface area contributed by atoms with Crippen LogP contribution in [0.4, 0.5) is 0 Å². The van der Waals surface area contributed by atoms with Gasteiger partial charge in [-0.2, -0.15) is 0 Å². The van der Waals surface area contributed by atoms with Crippen molar-refractivity contribution in [2.75, 3.05) is 39.3 Å². The van der Waals surface area contributed by atoms with Crippen LogP contribution in [0.2, 0.25) is 0 Å². The number of hydrogen-bond donors (Lipinski definition) is 1. The molecule has 3 nitrogen and oxygen atoms in total. The van der Waals surface area contributed by atoms with E-state index in [9.17, 15) is 0 Å². The van der Waals surface area contributed by atoms with Crippen LogP contribution in [0.1, 0.15) is 33.6 Å². The first-order valence-electron chi connectivity index (χ1n) is 7.29. The molecule has 2 atom stereocenters. The fourth-order valence-corrected chi connectivity index (χ4v) is 3.45. The molecule has 0 aliphatic carbocycles. The van der Waals surface area contributed by atoms with Gasteiger partial charge in [-0.3, -0.25) is 4.90 Å². The van der Waals surface area contributed by atoms with Crippen LogP contribution in [0.5, 0.6) is 0 Å². The molecule has 0 spiro atoms. The van der Waals surface area contributed by atoms with Gasteiger partial charge in [0.2, 0.25) is 0 Å². The summed E-state index contributed by atoms with van der Waals surface area (Å²) in [6.07, 6.45) is 2.52. The predicted octanol–water partition coefficient (Wildman–Crippen LogP) is 1.39. The summed E-state index contributed by atoms with van der Waals surface area (Å²) in [5.41, 5.74) is 6.45. The van der Waals surface area contributed by atoms with Crippen LogP contribution in [0.15, 0.2) is 0 Å². The van der Waals surface area contributed by atoms with Gasteiger partial charge in [-0.1, -0.05) is 20.8 Å². The van der Waals surface area contributed by atoms with Crippen LogP contribution in [-0.4, -0.2) is 54.6 Å². The standard InChI is InChI=1S/C14H29N3/c1-4-16-7-5-14(11-15,6-8-16)17-9-12(2)13(3)10-17/h12-13H,4-11,15H2,1-3H3. The fraction of sp³-hybridized carbons (Fsp3) is 1.00. The minimum absolute atomic E-state index is 0.310. The zero-order valence-corrected chi connectivity index (χ0v) is 11.8. The first kappa shape index (κ1) is 13.3. The minimum Gasteiger partial charge on any atom is -0.329 e. The van der Waals surface area contributed by atoms with Crippen molar-refractivity contribution in [3.63, 3.8) is 0 Å². The van der Waals surface area contributed by atoms with Gasteiger partial charge in [0, 0.05) is 25.2 Å². The lowest BCUT2D eigenvalue weighted by atomic mass is 9.85. The summed E-state index contributed by atoms with van der Waals surface area (Å²) >= 11 is 0. The zero-order valence-electron chi connectivity index (χ0n) is 11.8. The molecule has 2 fully saturated rings. The molecule has 0 amide bonds. The summed E-state index contributed by atoms with van der Waals surface area (Å²) < 4.78 is 0. The van der Waals surface area contributed by atoms with Crippen LogP contribution in [0.25, 0.3) is 0 Å². The Labute approximate surface area is 106 Å². The molecular formula is C14H29N3. The number of likely N-dealkylation sites (tertiary alicyclic amines) is 2. The Hall–Kier alpha value is -0.120. The summed E-state index contributed by atoms with van der Waals surface area (Å²) in [4.78, 5) is 5.26. The summed E-state index contributed by atoms with van der Waals surface area (Å²) in [5, 5.41) is 0.